The van der Waals surface area contributed by atoms with Gasteiger partial charge in [-0.15, -0.1) is 11.3 Å². The number of hydrogen-bond donors (Lipinski definition) is 0. The van der Waals surface area contributed by atoms with Crippen molar-refractivity contribution in [3.8, 4) is 0 Å². The largest absolute Gasteiger partial charge is 0.305 e. The maximum absolute atomic E-state index is 12.1. The van der Waals surface area contributed by atoms with Crippen molar-refractivity contribution < 1.29 is 4.79 Å². The van der Waals surface area contributed by atoms with Gasteiger partial charge in [-0.1, -0.05) is 36.8 Å². The van der Waals surface area contributed by atoms with E-state index in [1.54, 1.807) is 16.2 Å². The Labute approximate surface area is 128 Å². The predicted molar refractivity (Wildman–Crippen MR) is 88.8 cm³/mol. The molecule has 2 heterocycles. The van der Waals surface area contributed by atoms with Gasteiger partial charge in [0.05, 0.1) is 5.71 Å². The Kier molecular flexibility index (Phi) is 3.64. The highest BCUT2D eigenvalue weighted by Gasteiger charge is 2.24. The molecule has 21 heavy (non-hydrogen) atoms. The molecule has 4 heteroatoms. The van der Waals surface area contributed by atoms with Crippen LogP contribution >= 0.6 is 11.3 Å². The Morgan fingerprint density at radius 2 is 2.00 bits per heavy atom. The summed E-state index contributed by atoms with van der Waals surface area (Å²) in [5.74, 6) is 0.0443. The number of thiophene rings is 1. The molecule has 108 valence electrons. The number of nitrogens with zero attached hydrogens (tertiary/aromatic N) is 2. The van der Waals surface area contributed by atoms with E-state index in [1.165, 1.54) is 10.4 Å². The van der Waals surface area contributed by atoms with E-state index >= 15 is 0 Å². The SMILES string of the molecule is CCc1cc2c(s1)N(C)C(=O)CN=C2c1ccc(C)cc1. The second kappa shape index (κ2) is 5.45. The van der Waals surface area contributed by atoms with Gasteiger partial charge in [-0.3, -0.25) is 9.79 Å². The molecule has 0 spiro atoms. The molecule has 2 aromatic rings. The standard InChI is InChI=1S/C17H18N2OS/c1-4-13-9-14-16(12-7-5-11(2)6-8-12)18-10-15(20)19(3)17(14)21-13/h5-9H,4,10H2,1-3H3. The maximum Gasteiger partial charge on any atom is 0.249 e. The highest BCUT2D eigenvalue weighted by Crippen LogP contribution is 2.35. The summed E-state index contributed by atoms with van der Waals surface area (Å²) in [6, 6.07) is 10.5. The van der Waals surface area contributed by atoms with Crippen LogP contribution in [0.25, 0.3) is 0 Å². The lowest BCUT2D eigenvalue weighted by Gasteiger charge is -2.13. The van der Waals surface area contributed by atoms with E-state index in [2.05, 4.69) is 49.2 Å². The first kappa shape index (κ1) is 14.0. The molecule has 0 unspecified atom stereocenters. The van der Waals surface area contributed by atoms with E-state index in [-0.39, 0.29) is 12.5 Å². The van der Waals surface area contributed by atoms with Gasteiger partial charge in [-0.25, -0.2) is 0 Å². The summed E-state index contributed by atoms with van der Waals surface area (Å²) in [6.07, 6.45) is 0.973. The van der Waals surface area contributed by atoms with Gasteiger partial charge in [0.15, 0.2) is 0 Å². The van der Waals surface area contributed by atoms with Crippen molar-refractivity contribution in [3.05, 3.63) is 51.9 Å². The van der Waals surface area contributed by atoms with Gasteiger partial charge in [0, 0.05) is 23.1 Å². The molecule has 3 rings (SSSR count). The van der Waals surface area contributed by atoms with Crippen molar-refractivity contribution >= 4 is 28.0 Å². The highest BCUT2D eigenvalue weighted by molar-refractivity contribution is 7.16. The second-order valence-corrected chi connectivity index (χ2v) is 6.38. The maximum atomic E-state index is 12.1. The number of carbonyl (C=O) groups excluding carboxylic acids is 1. The van der Waals surface area contributed by atoms with Gasteiger partial charge in [0.1, 0.15) is 11.5 Å². The van der Waals surface area contributed by atoms with E-state index in [1.807, 2.05) is 7.05 Å². The Balaban J connectivity index is 2.16. The van der Waals surface area contributed by atoms with Gasteiger partial charge in [-0.2, -0.15) is 0 Å². The Morgan fingerprint density at radius 3 is 2.67 bits per heavy atom. The number of benzene rings is 1. The van der Waals surface area contributed by atoms with Crippen LogP contribution in [0.5, 0.6) is 0 Å². The minimum absolute atomic E-state index is 0.0443. The highest BCUT2D eigenvalue weighted by atomic mass is 32.1. The van der Waals surface area contributed by atoms with Gasteiger partial charge < -0.3 is 4.90 Å². The molecule has 0 aliphatic carbocycles. The molecule has 0 bridgehead atoms. The summed E-state index contributed by atoms with van der Waals surface area (Å²) in [6.45, 7) is 4.42. The first-order valence-electron chi connectivity index (χ1n) is 7.11. The van der Waals surface area contributed by atoms with Crippen LogP contribution in [-0.4, -0.2) is 25.2 Å². The zero-order chi connectivity index (χ0) is 15.0. The summed E-state index contributed by atoms with van der Waals surface area (Å²) >= 11 is 1.69. The van der Waals surface area contributed by atoms with Crippen LogP contribution in [0.4, 0.5) is 5.00 Å². The Bertz CT molecular complexity index is 713. The molecule has 1 amide bonds. The van der Waals surface area contributed by atoms with Crippen molar-refractivity contribution in [2.45, 2.75) is 20.3 Å². The fourth-order valence-electron chi connectivity index (χ4n) is 2.43. The number of rotatable bonds is 2. The minimum atomic E-state index is 0.0443. The number of aryl methyl sites for hydroxylation is 2. The number of hydrogen-bond acceptors (Lipinski definition) is 3. The zero-order valence-corrected chi connectivity index (χ0v) is 13.3. The zero-order valence-electron chi connectivity index (χ0n) is 12.5. The third-order valence-corrected chi connectivity index (χ3v) is 5.10. The molecule has 0 radical (unpaired) electrons. The number of fused-ring (bicyclic) bond motifs is 1. The third kappa shape index (κ3) is 2.51. The van der Waals surface area contributed by atoms with Crippen molar-refractivity contribution in [1.29, 1.82) is 0 Å². The lowest BCUT2D eigenvalue weighted by Crippen LogP contribution is -2.26. The quantitative estimate of drug-likeness (QED) is 0.836. The smallest absolute Gasteiger partial charge is 0.249 e. The summed E-state index contributed by atoms with van der Waals surface area (Å²) in [7, 11) is 1.84. The molecule has 0 saturated heterocycles. The molecule has 1 aromatic carbocycles. The lowest BCUT2D eigenvalue weighted by atomic mass is 10.0. The second-order valence-electron chi connectivity index (χ2n) is 5.27. The summed E-state index contributed by atoms with van der Waals surface area (Å²) in [4.78, 5) is 19.7. The molecular formula is C17H18N2OS. The average molecular weight is 298 g/mol. The molecule has 0 fully saturated rings. The molecule has 0 N–H and O–H groups in total. The third-order valence-electron chi connectivity index (χ3n) is 3.74. The molecular weight excluding hydrogens is 280 g/mol. The summed E-state index contributed by atoms with van der Waals surface area (Å²) in [5, 5.41) is 1.01. The van der Waals surface area contributed by atoms with Gasteiger partial charge in [0.25, 0.3) is 0 Å². The van der Waals surface area contributed by atoms with Gasteiger partial charge in [-0.05, 0) is 19.4 Å². The van der Waals surface area contributed by atoms with E-state index in [0.29, 0.717) is 0 Å². The fourth-order valence-corrected chi connectivity index (χ4v) is 3.51. The van der Waals surface area contributed by atoms with Crippen LogP contribution < -0.4 is 4.90 Å². The van der Waals surface area contributed by atoms with Crippen LogP contribution in [0.3, 0.4) is 0 Å². The van der Waals surface area contributed by atoms with Crippen LogP contribution in [0.1, 0.15) is 28.5 Å². The van der Waals surface area contributed by atoms with Crippen LogP contribution in [-0.2, 0) is 11.2 Å². The topological polar surface area (TPSA) is 32.7 Å². The monoisotopic (exact) mass is 298 g/mol. The molecule has 1 aliphatic heterocycles. The molecule has 1 aromatic heterocycles. The van der Waals surface area contributed by atoms with Crippen molar-refractivity contribution in [3.63, 3.8) is 0 Å². The Hall–Kier alpha value is -1.94. The lowest BCUT2D eigenvalue weighted by molar-refractivity contribution is -0.116. The molecule has 0 atom stereocenters. The Morgan fingerprint density at radius 1 is 1.29 bits per heavy atom. The van der Waals surface area contributed by atoms with Crippen molar-refractivity contribution in [1.82, 2.24) is 0 Å². The minimum Gasteiger partial charge on any atom is -0.305 e. The number of carbonyl (C=O) groups is 1. The van der Waals surface area contributed by atoms with Gasteiger partial charge >= 0.3 is 0 Å². The number of anilines is 1. The van der Waals surface area contributed by atoms with Crippen LogP contribution in [0.15, 0.2) is 35.3 Å². The summed E-state index contributed by atoms with van der Waals surface area (Å²) < 4.78 is 0. The van der Waals surface area contributed by atoms with E-state index in [0.717, 1.165) is 28.3 Å². The van der Waals surface area contributed by atoms with Crippen LogP contribution in [0.2, 0.25) is 0 Å². The average Bonchev–Trinajstić information content (AvgIpc) is 2.88. The predicted octanol–water partition coefficient (Wildman–Crippen LogP) is 3.43. The first-order valence-corrected chi connectivity index (χ1v) is 7.93. The van der Waals surface area contributed by atoms with Crippen LogP contribution in [0, 0.1) is 6.92 Å². The first-order chi connectivity index (χ1) is 10.1. The van der Waals surface area contributed by atoms with E-state index < -0.39 is 0 Å². The van der Waals surface area contributed by atoms with Gasteiger partial charge in [0.2, 0.25) is 5.91 Å². The fraction of sp³-hybridized carbons (Fsp3) is 0.294. The summed E-state index contributed by atoms with van der Waals surface area (Å²) in [5.41, 5.74) is 4.30. The molecule has 0 saturated carbocycles. The molecule has 1 aliphatic rings. The van der Waals surface area contributed by atoms with Crippen molar-refractivity contribution in [2.75, 3.05) is 18.5 Å². The number of likely N-dealkylation sites (N-methyl/N-ethyl adjacent to an activating group) is 1. The number of aliphatic imine (C=N–C) groups is 1. The van der Waals surface area contributed by atoms with E-state index in [9.17, 15) is 4.79 Å². The van der Waals surface area contributed by atoms with Crippen molar-refractivity contribution in [2.24, 2.45) is 4.99 Å². The normalized spacial score (nSPS) is 14.7. The number of amides is 1. The van der Waals surface area contributed by atoms with E-state index in [4.69, 9.17) is 0 Å². The molecule has 3 nitrogen and oxygen atoms in total.